The monoisotopic (exact) mass is 454 g/mol. The van der Waals surface area contributed by atoms with Crippen LogP contribution in [-0.2, 0) is 26.3 Å². The zero-order valence-electron chi connectivity index (χ0n) is 18.7. The molecule has 4 aromatic rings. The summed E-state index contributed by atoms with van der Waals surface area (Å²) in [5.41, 5.74) is 4.43. The Morgan fingerprint density at radius 3 is 1.29 bits per heavy atom. The van der Waals surface area contributed by atoms with E-state index in [-0.39, 0.29) is 37.9 Å². The van der Waals surface area contributed by atoms with Gasteiger partial charge in [-0.1, -0.05) is 60.7 Å². The zero-order chi connectivity index (χ0) is 23.9. The minimum Gasteiger partial charge on any atom is -0.385 e. The van der Waals surface area contributed by atoms with Gasteiger partial charge in [-0.15, -0.1) is 0 Å². The topological polar surface area (TPSA) is 82.4 Å². The van der Waals surface area contributed by atoms with Crippen molar-refractivity contribution in [3.63, 3.8) is 0 Å². The minimum absolute atomic E-state index is 0.0425. The Balaban J connectivity index is 1.44. The van der Waals surface area contributed by atoms with E-state index in [1.165, 1.54) is 0 Å². The van der Waals surface area contributed by atoms with Crippen LogP contribution < -0.4 is 9.13 Å². The van der Waals surface area contributed by atoms with E-state index in [0.29, 0.717) is 22.5 Å². The largest absolute Gasteiger partial charge is 0.385 e. The van der Waals surface area contributed by atoms with E-state index >= 15 is 0 Å². The molecule has 0 saturated heterocycles. The molecule has 0 saturated carbocycles. The summed E-state index contributed by atoms with van der Waals surface area (Å²) >= 11 is 0. The average molecular weight is 455 g/mol. The van der Waals surface area contributed by atoms with Crippen LogP contribution in [-0.4, -0.2) is 21.8 Å². The highest BCUT2D eigenvalue weighted by atomic mass is 16.3. The van der Waals surface area contributed by atoms with E-state index in [2.05, 4.69) is 0 Å². The quantitative estimate of drug-likeness (QED) is 0.301. The van der Waals surface area contributed by atoms with Crippen LogP contribution in [0.4, 0.5) is 0 Å². The van der Waals surface area contributed by atoms with Crippen LogP contribution in [0.3, 0.4) is 0 Å². The van der Waals surface area contributed by atoms with Crippen LogP contribution >= 0.6 is 0 Å². The molecular formula is C28H26N2O4+2. The number of pyridine rings is 2. The number of ketones is 2. The Kier molecular flexibility index (Phi) is 7.32. The first-order valence-electron chi connectivity index (χ1n) is 11.0. The van der Waals surface area contributed by atoms with Crippen molar-refractivity contribution in [3.05, 3.63) is 120 Å². The number of aliphatic hydroxyl groups is 2. The molecule has 0 radical (unpaired) electrons. The van der Waals surface area contributed by atoms with E-state index in [4.69, 9.17) is 0 Å². The van der Waals surface area contributed by atoms with Gasteiger partial charge in [0.2, 0.25) is 36.0 Å². The third kappa shape index (κ3) is 5.31. The summed E-state index contributed by atoms with van der Waals surface area (Å²) in [6.07, 6.45) is 3.56. The molecule has 34 heavy (non-hydrogen) atoms. The normalized spacial score (nSPS) is 10.8. The summed E-state index contributed by atoms with van der Waals surface area (Å²) < 4.78 is 3.48. The highest BCUT2D eigenvalue weighted by Crippen LogP contribution is 2.21. The van der Waals surface area contributed by atoms with Gasteiger partial charge < -0.3 is 10.2 Å². The SMILES string of the molecule is O=C(C[n+]1ccccc1CO)c1ccc(-c2ccc(C(=O)C[n+]3ccccc3CO)cc2)cc1. The van der Waals surface area contributed by atoms with Crippen molar-refractivity contribution in [2.24, 2.45) is 0 Å². The Hall–Kier alpha value is -4.00. The highest BCUT2D eigenvalue weighted by Gasteiger charge is 2.17. The number of aromatic nitrogens is 2. The van der Waals surface area contributed by atoms with Gasteiger partial charge in [0.25, 0.3) is 0 Å². The molecule has 0 aliphatic rings. The molecule has 0 aliphatic carbocycles. The van der Waals surface area contributed by atoms with Crippen molar-refractivity contribution in [1.82, 2.24) is 0 Å². The van der Waals surface area contributed by atoms with Gasteiger partial charge in [0.15, 0.2) is 12.4 Å². The second-order valence-electron chi connectivity index (χ2n) is 7.96. The third-order valence-electron chi connectivity index (χ3n) is 5.77. The lowest BCUT2D eigenvalue weighted by molar-refractivity contribution is -0.692. The molecule has 6 heteroatoms. The van der Waals surface area contributed by atoms with Crippen molar-refractivity contribution in [3.8, 4) is 11.1 Å². The summed E-state index contributed by atoms with van der Waals surface area (Å²) in [5, 5.41) is 18.9. The molecule has 0 unspecified atom stereocenters. The maximum absolute atomic E-state index is 12.7. The van der Waals surface area contributed by atoms with Crippen molar-refractivity contribution in [1.29, 1.82) is 0 Å². The van der Waals surface area contributed by atoms with Gasteiger partial charge >= 0.3 is 0 Å². The van der Waals surface area contributed by atoms with Gasteiger partial charge in [-0.25, -0.2) is 0 Å². The summed E-state index contributed by atoms with van der Waals surface area (Å²) in [5.74, 6) is -0.0851. The van der Waals surface area contributed by atoms with Crippen molar-refractivity contribution in [2.45, 2.75) is 26.3 Å². The lowest BCUT2D eigenvalue weighted by Crippen LogP contribution is -2.41. The summed E-state index contributed by atoms with van der Waals surface area (Å²) in [6, 6.07) is 25.6. The number of Topliss-reactive ketones (excluding diaryl/α,β-unsaturated/α-hetero) is 2. The number of carbonyl (C=O) groups excluding carboxylic acids is 2. The predicted octanol–water partition coefficient (Wildman–Crippen LogP) is 2.68. The molecular weight excluding hydrogens is 428 g/mol. The van der Waals surface area contributed by atoms with Crippen LogP contribution in [0.1, 0.15) is 32.1 Å². The Morgan fingerprint density at radius 1 is 0.559 bits per heavy atom. The average Bonchev–Trinajstić information content (AvgIpc) is 2.89. The molecule has 2 heterocycles. The smallest absolute Gasteiger partial charge is 0.227 e. The van der Waals surface area contributed by atoms with Gasteiger partial charge in [-0.3, -0.25) is 9.59 Å². The van der Waals surface area contributed by atoms with E-state index in [0.717, 1.165) is 11.1 Å². The highest BCUT2D eigenvalue weighted by molar-refractivity contribution is 5.96. The summed E-state index contributed by atoms with van der Waals surface area (Å²) in [4.78, 5) is 25.4. The number of rotatable bonds is 9. The Bertz CT molecular complexity index is 1200. The number of aliphatic hydroxyl groups excluding tert-OH is 2. The molecule has 170 valence electrons. The number of nitrogens with zero attached hydrogens (tertiary/aromatic N) is 2. The standard InChI is InChI=1S/C28H26N2O4/c31-19-25-5-1-3-15-29(25)17-27(33)23-11-7-21(8-12-23)22-9-13-24(14-10-22)28(34)18-30-16-4-2-6-26(30)20-32/h1-16,31-32H,17-20H2/q+2. The predicted molar refractivity (Wildman–Crippen MR) is 126 cm³/mol. The molecule has 0 aliphatic heterocycles. The molecule has 2 aromatic carbocycles. The van der Waals surface area contributed by atoms with E-state index in [1.807, 2.05) is 48.5 Å². The van der Waals surface area contributed by atoms with Gasteiger partial charge in [0.05, 0.1) is 0 Å². The van der Waals surface area contributed by atoms with E-state index in [9.17, 15) is 19.8 Å². The van der Waals surface area contributed by atoms with Gasteiger partial charge in [0, 0.05) is 35.4 Å². The van der Waals surface area contributed by atoms with Crippen molar-refractivity contribution < 1.29 is 28.9 Å². The minimum atomic E-state index is -0.127. The molecule has 2 aromatic heterocycles. The summed E-state index contributed by atoms with van der Waals surface area (Å²) in [6.45, 7) is 0.0605. The van der Waals surface area contributed by atoms with Crippen LogP contribution in [0.5, 0.6) is 0 Å². The van der Waals surface area contributed by atoms with Crippen LogP contribution in [0, 0.1) is 0 Å². The van der Waals surface area contributed by atoms with E-state index in [1.54, 1.807) is 57.9 Å². The Labute approximate surface area is 198 Å². The van der Waals surface area contributed by atoms with Gasteiger partial charge in [-0.2, -0.15) is 9.13 Å². The molecule has 6 nitrogen and oxygen atoms in total. The number of hydrogen-bond donors (Lipinski definition) is 2. The lowest BCUT2D eigenvalue weighted by Gasteiger charge is -2.06. The van der Waals surface area contributed by atoms with E-state index < -0.39 is 0 Å². The fourth-order valence-corrected chi connectivity index (χ4v) is 3.81. The molecule has 0 bridgehead atoms. The first-order valence-corrected chi connectivity index (χ1v) is 11.0. The van der Waals surface area contributed by atoms with Gasteiger partial charge in [0.1, 0.15) is 13.2 Å². The molecule has 0 atom stereocenters. The fraction of sp³-hybridized carbons (Fsp3) is 0.143. The second kappa shape index (κ2) is 10.7. The van der Waals surface area contributed by atoms with Crippen LogP contribution in [0.25, 0.3) is 11.1 Å². The van der Waals surface area contributed by atoms with Crippen LogP contribution in [0.15, 0.2) is 97.3 Å². The van der Waals surface area contributed by atoms with Crippen molar-refractivity contribution in [2.75, 3.05) is 0 Å². The zero-order valence-corrected chi connectivity index (χ0v) is 18.7. The molecule has 0 fully saturated rings. The summed E-state index contributed by atoms with van der Waals surface area (Å²) in [7, 11) is 0. The van der Waals surface area contributed by atoms with Gasteiger partial charge in [-0.05, 0) is 11.1 Å². The fourth-order valence-electron chi connectivity index (χ4n) is 3.81. The number of benzene rings is 2. The number of carbonyl (C=O) groups is 2. The van der Waals surface area contributed by atoms with Crippen LogP contribution in [0.2, 0.25) is 0 Å². The maximum Gasteiger partial charge on any atom is 0.227 e. The lowest BCUT2D eigenvalue weighted by atomic mass is 10.00. The first kappa shape index (κ1) is 23.2. The molecule has 0 spiro atoms. The number of hydrogen-bond acceptors (Lipinski definition) is 4. The second-order valence-corrected chi connectivity index (χ2v) is 7.96. The maximum atomic E-state index is 12.7. The van der Waals surface area contributed by atoms with Crippen molar-refractivity contribution >= 4 is 11.6 Å². The Morgan fingerprint density at radius 2 is 0.941 bits per heavy atom. The molecule has 4 rings (SSSR count). The molecule has 2 N–H and O–H groups in total. The first-order chi connectivity index (χ1) is 16.6. The third-order valence-corrected chi connectivity index (χ3v) is 5.77. The molecule has 0 amide bonds.